The average Bonchev–Trinajstić information content (AvgIpc) is 2.29. The predicted molar refractivity (Wildman–Crippen MR) is 57.9 cm³/mol. The highest BCUT2D eigenvalue weighted by Gasteiger charge is 2.31. The van der Waals surface area contributed by atoms with Crippen LogP contribution in [0.25, 0.3) is 0 Å². The van der Waals surface area contributed by atoms with Crippen LogP contribution in [0.4, 0.5) is 13.2 Å². The minimum Gasteiger partial charge on any atom is -0.475 e. The first kappa shape index (κ1) is 15.7. The number of aliphatic hydroxyl groups is 1. The van der Waals surface area contributed by atoms with Crippen LogP contribution in [0.5, 0.6) is 5.88 Å². The Hall–Kier alpha value is -1.30. The van der Waals surface area contributed by atoms with Crippen molar-refractivity contribution in [2.45, 2.75) is 26.9 Å². The third-order valence-corrected chi connectivity index (χ3v) is 1.69. The molecule has 0 aliphatic carbocycles. The summed E-state index contributed by atoms with van der Waals surface area (Å²) in [6, 6.07) is 0.958. The van der Waals surface area contributed by atoms with Gasteiger partial charge >= 0.3 is 6.18 Å². The van der Waals surface area contributed by atoms with Crippen molar-refractivity contribution in [3.8, 4) is 5.88 Å². The molecule has 0 aromatic carbocycles. The van der Waals surface area contributed by atoms with Gasteiger partial charge in [-0.1, -0.05) is 13.8 Å². The standard InChI is InChI=1S/C9H10F3NO2.C2H6/c1-6-4-7(9(10,11)12)5-13-8(6)15-3-2-14;1-2/h4-5,14H,2-3H2,1H3;1-2H3. The number of pyridine rings is 1. The zero-order valence-corrected chi connectivity index (χ0v) is 10.0. The summed E-state index contributed by atoms with van der Waals surface area (Å²) in [7, 11) is 0. The average molecular weight is 251 g/mol. The zero-order chi connectivity index (χ0) is 13.5. The Kier molecular flexibility index (Phi) is 6.57. The molecule has 0 unspecified atom stereocenters. The smallest absolute Gasteiger partial charge is 0.417 e. The van der Waals surface area contributed by atoms with E-state index in [-0.39, 0.29) is 19.1 Å². The first-order valence-corrected chi connectivity index (χ1v) is 5.22. The van der Waals surface area contributed by atoms with Crippen LogP contribution in [0.1, 0.15) is 25.0 Å². The van der Waals surface area contributed by atoms with E-state index >= 15 is 0 Å². The molecule has 98 valence electrons. The molecule has 3 nitrogen and oxygen atoms in total. The number of hydrogen-bond donors (Lipinski definition) is 1. The van der Waals surface area contributed by atoms with Gasteiger partial charge in [-0.2, -0.15) is 13.2 Å². The SMILES string of the molecule is CC.Cc1cc(C(F)(F)F)cnc1OCCO. The molecule has 0 aliphatic heterocycles. The van der Waals surface area contributed by atoms with Gasteiger partial charge in [-0.25, -0.2) is 4.98 Å². The highest BCUT2D eigenvalue weighted by molar-refractivity contribution is 5.29. The summed E-state index contributed by atoms with van der Waals surface area (Å²) in [5.74, 6) is 0.108. The molecule has 0 saturated carbocycles. The summed E-state index contributed by atoms with van der Waals surface area (Å²) in [5.41, 5.74) is -0.519. The third kappa shape index (κ3) is 5.04. The van der Waals surface area contributed by atoms with Gasteiger partial charge in [-0.3, -0.25) is 0 Å². The van der Waals surface area contributed by atoms with E-state index in [9.17, 15) is 13.2 Å². The van der Waals surface area contributed by atoms with Gasteiger partial charge in [0.2, 0.25) is 5.88 Å². The third-order valence-electron chi connectivity index (χ3n) is 1.69. The summed E-state index contributed by atoms with van der Waals surface area (Å²) < 4.78 is 41.6. The van der Waals surface area contributed by atoms with Crippen molar-refractivity contribution < 1.29 is 23.0 Å². The van der Waals surface area contributed by atoms with Gasteiger partial charge < -0.3 is 9.84 Å². The van der Waals surface area contributed by atoms with E-state index in [0.29, 0.717) is 11.8 Å². The second-order valence-corrected chi connectivity index (χ2v) is 2.92. The van der Waals surface area contributed by atoms with Crippen molar-refractivity contribution in [1.29, 1.82) is 0 Å². The summed E-state index contributed by atoms with van der Waals surface area (Å²) in [6.07, 6.45) is -3.69. The Labute approximate surface area is 98.3 Å². The Bertz CT molecular complexity index is 340. The van der Waals surface area contributed by atoms with Crippen molar-refractivity contribution in [2.75, 3.05) is 13.2 Å². The van der Waals surface area contributed by atoms with Gasteiger partial charge in [0.05, 0.1) is 12.2 Å². The van der Waals surface area contributed by atoms with Gasteiger partial charge in [0, 0.05) is 11.8 Å². The second kappa shape index (κ2) is 7.11. The molecule has 0 radical (unpaired) electrons. The molecule has 1 heterocycles. The van der Waals surface area contributed by atoms with Gasteiger partial charge in [-0.15, -0.1) is 0 Å². The van der Waals surface area contributed by atoms with Crippen LogP contribution in [-0.4, -0.2) is 23.3 Å². The number of rotatable bonds is 3. The molecule has 0 fully saturated rings. The lowest BCUT2D eigenvalue weighted by molar-refractivity contribution is -0.137. The maximum Gasteiger partial charge on any atom is 0.417 e. The monoisotopic (exact) mass is 251 g/mol. The maximum atomic E-state index is 12.2. The number of aromatic nitrogens is 1. The number of nitrogens with zero attached hydrogens (tertiary/aromatic N) is 1. The number of hydrogen-bond acceptors (Lipinski definition) is 3. The highest BCUT2D eigenvalue weighted by Crippen LogP contribution is 2.30. The summed E-state index contributed by atoms with van der Waals surface area (Å²) >= 11 is 0. The fourth-order valence-electron chi connectivity index (χ4n) is 1.01. The van der Waals surface area contributed by atoms with E-state index in [1.54, 1.807) is 0 Å². The first-order chi connectivity index (χ1) is 7.95. The van der Waals surface area contributed by atoms with Crippen LogP contribution in [0, 0.1) is 6.92 Å². The molecule has 1 N–H and O–H groups in total. The Balaban J connectivity index is 0.00000121. The lowest BCUT2D eigenvalue weighted by Gasteiger charge is -2.10. The molecule has 1 aromatic heterocycles. The van der Waals surface area contributed by atoms with Crippen LogP contribution in [0.2, 0.25) is 0 Å². The zero-order valence-electron chi connectivity index (χ0n) is 10.0. The van der Waals surface area contributed by atoms with Gasteiger partial charge in [0.15, 0.2) is 0 Å². The fraction of sp³-hybridized carbons (Fsp3) is 0.545. The van der Waals surface area contributed by atoms with Crippen LogP contribution in [0.3, 0.4) is 0 Å². The molecular formula is C11H16F3NO2. The Morgan fingerprint density at radius 2 is 1.94 bits per heavy atom. The second-order valence-electron chi connectivity index (χ2n) is 2.92. The lowest BCUT2D eigenvalue weighted by atomic mass is 10.2. The van der Waals surface area contributed by atoms with Crippen LogP contribution >= 0.6 is 0 Å². The molecular weight excluding hydrogens is 235 g/mol. The van der Waals surface area contributed by atoms with E-state index in [1.165, 1.54) is 6.92 Å². The molecule has 0 atom stereocenters. The predicted octanol–water partition coefficient (Wildman–Crippen LogP) is 2.81. The van der Waals surface area contributed by atoms with Crippen molar-refractivity contribution in [3.05, 3.63) is 23.4 Å². The number of aliphatic hydroxyl groups excluding tert-OH is 1. The molecule has 0 aliphatic rings. The van der Waals surface area contributed by atoms with E-state index < -0.39 is 11.7 Å². The van der Waals surface area contributed by atoms with E-state index in [4.69, 9.17) is 9.84 Å². The van der Waals surface area contributed by atoms with E-state index in [1.807, 2.05) is 13.8 Å². The molecule has 1 aromatic rings. The number of aryl methyl sites for hydroxylation is 1. The molecule has 1 rings (SSSR count). The normalized spacial score (nSPS) is 10.5. The maximum absolute atomic E-state index is 12.2. The topological polar surface area (TPSA) is 42.4 Å². The van der Waals surface area contributed by atoms with Crippen LogP contribution < -0.4 is 4.74 Å². The highest BCUT2D eigenvalue weighted by atomic mass is 19.4. The van der Waals surface area contributed by atoms with Crippen molar-refractivity contribution in [3.63, 3.8) is 0 Å². The quantitative estimate of drug-likeness (QED) is 0.898. The first-order valence-electron chi connectivity index (χ1n) is 5.22. The summed E-state index contributed by atoms with van der Waals surface area (Å²) in [4.78, 5) is 3.53. The van der Waals surface area contributed by atoms with Gasteiger partial charge in [-0.05, 0) is 13.0 Å². The Morgan fingerprint density at radius 3 is 2.35 bits per heavy atom. The largest absolute Gasteiger partial charge is 0.475 e. The summed E-state index contributed by atoms with van der Waals surface area (Å²) in [6.45, 7) is 5.27. The Morgan fingerprint density at radius 1 is 1.35 bits per heavy atom. The molecule has 0 bridgehead atoms. The van der Waals surface area contributed by atoms with E-state index in [2.05, 4.69) is 4.98 Å². The van der Waals surface area contributed by atoms with Gasteiger partial charge in [0.1, 0.15) is 6.61 Å². The molecule has 0 amide bonds. The minimum atomic E-state index is -4.40. The van der Waals surface area contributed by atoms with E-state index in [0.717, 1.165) is 6.07 Å². The van der Waals surface area contributed by atoms with Crippen LogP contribution in [0.15, 0.2) is 12.3 Å². The van der Waals surface area contributed by atoms with Gasteiger partial charge in [0.25, 0.3) is 0 Å². The fourth-order valence-corrected chi connectivity index (χ4v) is 1.01. The van der Waals surface area contributed by atoms with Crippen molar-refractivity contribution in [2.24, 2.45) is 0 Å². The minimum absolute atomic E-state index is 0.0131. The number of ether oxygens (including phenoxy) is 1. The summed E-state index contributed by atoms with van der Waals surface area (Å²) in [5, 5.41) is 8.47. The molecule has 6 heteroatoms. The van der Waals surface area contributed by atoms with Crippen molar-refractivity contribution in [1.82, 2.24) is 4.98 Å². The molecule has 0 spiro atoms. The molecule has 17 heavy (non-hydrogen) atoms. The van der Waals surface area contributed by atoms with Crippen molar-refractivity contribution >= 4 is 0 Å². The number of halogens is 3. The van der Waals surface area contributed by atoms with Crippen LogP contribution in [-0.2, 0) is 6.18 Å². The lowest BCUT2D eigenvalue weighted by Crippen LogP contribution is -2.09. The molecule has 0 saturated heterocycles. The number of alkyl halides is 3.